The Bertz CT molecular complexity index is 309. The lowest BCUT2D eigenvalue weighted by Crippen LogP contribution is -2.14. The Hall–Kier alpha value is -1.03. The second-order valence-electron chi connectivity index (χ2n) is 3.21. The number of nitrogens with two attached hydrogens (primary N) is 1. The van der Waals surface area contributed by atoms with Crippen LogP contribution in [0.5, 0.6) is 0 Å². The van der Waals surface area contributed by atoms with Crippen molar-refractivity contribution in [3.8, 4) is 0 Å². The molecule has 1 rings (SSSR count). The second-order valence-corrected chi connectivity index (χ2v) is 4.13. The number of carbonyl (C=O) groups is 1. The predicted molar refractivity (Wildman–Crippen MR) is 58.5 cm³/mol. The third-order valence-corrected chi connectivity index (χ3v) is 2.79. The number of rotatable bonds is 4. The van der Waals surface area contributed by atoms with Crippen LogP contribution in [0.25, 0.3) is 0 Å². The molecule has 0 aliphatic rings. The Labute approximate surface area is 87.9 Å². The van der Waals surface area contributed by atoms with E-state index in [0.717, 1.165) is 12.8 Å². The molecule has 1 atom stereocenters. The minimum atomic E-state index is -0.307. The minimum absolute atomic E-state index is 0.0333. The summed E-state index contributed by atoms with van der Waals surface area (Å²) in [5.41, 5.74) is 6.10. The Balaban J connectivity index is 2.55. The van der Waals surface area contributed by atoms with Crippen LogP contribution >= 0.6 is 11.3 Å². The molecule has 1 heterocycles. The van der Waals surface area contributed by atoms with E-state index < -0.39 is 0 Å². The Morgan fingerprint density at radius 1 is 1.71 bits per heavy atom. The quantitative estimate of drug-likeness (QED) is 0.782. The lowest BCUT2D eigenvalue weighted by atomic mass is 10.2. The van der Waals surface area contributed by atoms with Gasteiger partial charge in [-0.15, -0.1) is 11.3 Å². The lowest BCUT2D eigenvalue weighted by Gasteiger charge is -2.11. The zero-order valence-electron chi connectivity index (χ0n) is 8.45. The summed E-state index contributed by atoms with van der Waals surface area (Å²) in [5.74, 6) is -0.307. The maximum Gasteiger partial charge on any atom is 0.350 e. The van der Waals surface area contributed by atoms with Gasteiger partial charge in [0, 0.05) is 0 Å². The average Bonchev–Trinajstić information content (AvgIpc) is 2.51. The summed E-state index contributed by atoms with van der Waals surface area (Å²) >= 11 is 1.32. The molecule has 0 radical (unpaired) electrons. The van der Waals surface area contributed by atoms with Crippen LogP contribution in [0.3, 0.4) is 0 Å². The van der Waals surface area contributed by atoms with E-state index in [9.17, 15) is 4.79 Å². The average molecular weight is 213 g/mol. The zero-order valence-corrected chi connectivity index (χ0v) is 9.26. The van der Waals surface area contributed by atoms with Crippen molar-refractivity contribution in [2.75, 3.05) is 5.73 Å². The smallest absolute Gasteiger partial charge is 0.350 e. The van der Waals surface area contributed by atoms with Crippen molar-refractivity contribution in [3.63, 3.8) is 0 Å². The monoisotopic (exact) mass is 213 g/mol. The number of hydrogen-bond acceptors (Lipinski definition) is 4. The van der Waals surface area contributed by atoms with E-state index in [1.165, 1.54) is 11.3 Å². The molecule has 1 aromatic rings. The van der Waals surface area contributed by atoms with Crippen LogP contribution in [0.1, 0.15) is 36.4 Å². The number of thiophene rings is 1. The molecule has 3 nitrogen and oxygen atoms in total. The molecule has 1 unspecified atom stereocenters. The normalized spacial score (nSPS) is 12.4. The van der Waals surface area contributed by atoms with Gasteiger partial charge in [0.05, 0.1) is 11.8 Å². The third-order valence-electron chi connectivity index (χ3n) is 1.88. The fourth-order valence-corrected chi connectivity index (χ4v) is 1.89. The summed E-state index contributed by atoms with van der Waals surface area (Å²) in [6, 6.07) is 1.71. The molecule has 78 valence electrons. The highest BCUT2D eigenvalue weighted by Gasteiger charge is 2.15. The molecular formula is C10H15NO2S. The molecule has 14 heavy (non-hydrogen) atoms. The largest absolute Gasteiger partial charge is 0.458 e. The Morgan fingerprint density at radius 2 is 2.43 bits per heavy atom. The first kappa shape index (κ1) is 11.0. The summed E-state index contributed by atoms with van der Waals surface area (Å²) in [5, 5.41) is 1.79. The van der Waals surface area contributed by atoms with Crippen LogP contribution in [-0.4, -0.2) is 12.1 Å². The zero-order chi connectivity index (χ0) is 10.6. The maximum absolute atomic E-state index is 11.5. The molecule has 0 saturated heterocycles. The van der Waals surface area contributed by atoms with Gasteiger partial charge in [0.1, 0.15) is 4.88 Å². The van der Waals surface area contributed by atoms with Crippen molar-refractivity contribution in [2.45, 2.75) is 32.8 Å². The predicted octanol–water partition coefficient (Wildman–Crippen LogP) is 2.68. The molecule has 0 aliphatic carbocycles. The highest BCUT2D eigenvalue weighted by atomic mass is 32.1. The summed E-state index contributed by atoms with van der Waals surface area (Å²) < 4.78 is 5.21. The SMILES string of the molecule is CCCC(C)OC(=O)c1sccc1N. The van der Waals surface area contributed by atoms with Crippen molar-refractivity contribution in [1.82, 2.24) is 0 Å². The maximum atomic E-state index is 11.5. The van der Waals surface area contributed by atoms with Crippen LogP contribution in [0, 0.1) is 0 Å². The fourth-order valence-electron chi connectivity index (χ4n) is 1.19. The number of esters is 1. The van der Waals surface area contributed by atoms with Crippen molar-refractivity contribution in [1.29, 1.82) is 0 Å². The number of hydrogen-bond donors (Lipinski definition) is 1. The van der Waals surface area contributed by atoms with E-state index in [0.29, 0.717) is 10.6 Å². The van der Waals surface area contributed by atoms with Crippen LogP contribution < -0.4 is 5.73 Å². The number of ether oxygens (including phenoxy) is 1. The topological polar surface area (TPSA) is 52.3 Å². The van der Waals surface area contributed by atoms with E-state index in [1.807, 2.05) is 6.92 Å². The van der Waals surface area contributed by atoms with Crippen LogP contribution in [-0.2, 0) is 4.74 Å². The van der Waals surface area contributed by atoms with Crippen LogP contribution in [0.15, 0.2) is 11.4 Å². The highest BCUT2D eigenvalue weighted by Crippen LogP contribution is 2.20. The van der Waals surface area contributed by atoms with Gasteiger partial charge >= 0.3 is 5.97 Å². The summed E-state index contributed by atoms with van der Waals surface area (Å²) in [6.07, 6.45) is 1.86. The van der Waals surface area contributed by atoms with E-state index in [1.54, 1.807) is 11.4 Å². The van der Waals surface area contributed by atoms with Gasteiger partial charge in [0.15, 0.2) is 0 Å². The number of nitrogen functional groups attached to an aromatic ring is 1. The highest BCUT2D eigenvalue weighted by molar-refractivity contribution is 7.12. The third kappa shape index (κ3) is 2.73. The molecule has 0 aliphatic heterocycles. The molecule has 4 heteroatoms. The van der Waals surface area contributed by atoms with E-state index in [-0.39, 0.29) is 12.1 Å². The molecule has 1 aromatic heterocycles. The molecule has 0 saturated carbocycles. The molecular weight excluding hydrogens is 198 g/mol. The van der Waals surface area contributed by atoms with Gasteiger partial charge in [-0.25, -0.2) is 4.79 Å². The van der Waals surface area contributed by atoms with Gasteiger partial charge in [-0.3, -0.25) is 0 Å². The van der Waals surface area contributed by atoms with Gasteiger partial charge < -0.3 is 10.5 Å². The van der Waals surface area contributed by atoms with Crippen LogP contribution in [0.4, 0.5) is 5.69 Å². The minimum Gasteiger partial charge on any atom is -0.458 e. The first-order valence-electron chi connectivity index (χ1n) is 4.69. The Kier molecular flexibility index (Phi) is 3.95. The molecule has 0 bridgehead atoms. The van der Waals surface area contributed by atoms with Crippen molar-refractivity contribution >= 4 is 23.0 Å². The molecule has 0 fully saturated rings. The van der Waals surface area contributed by atoms with Gasteiger partial charge in [0.25, 0.3) is 0 Å². The van der Waals surface area contributed by atoms with Crippen molar-refractivity contribution < 1.29 is 9.53 Å². The molecule has 0 aromatic carbocycles. The standard InChI is InChI=1S/C10H15NO2S/c1-3-4-7(2)13-10(12)9-8(11)5-6-14-9/h5-7H,3-4,11H2,1-2H3. The Morgan fingerprint density at radius 3 is 2.93 bits per heavy atom. The van der Waals surface area contributed by atoms with Gasteiger partial charge in [0.2, 0.25) is 0 Å². The first-order chi connectivity index (χ1) is 6.65. The number of anilines is 1. The molecule has 0 spiro atoms. The molecule has 0 amide bonds. The van der Waals surface area contributed by atoms with E-state index >= 15 is 0 Å². The van der Waals surface area contributed by atoms with Gasteiger partial charge in [-0.05, 0) is 24.8 Å². The number of carbonyl (C=O) groups excluding carboxylic acids is 1. The lowest BCUT2D eigenvalue weighted by molar-refractivity contribution is 0.0330. The fraction of sp³-hybridized carbons (Fsp3) is 0.500. The summed E-state index contributed by atoms with van der Waals surface area (Å²) in [4.78, 5) is 12.0. The first-order valence-corrected chi connectivity index (χ1v) is 5.57. The van der Waals surface area contributed by atoms with Gasteiger partial charge in [-0.2, -0.15) is 0 Å². The van der Waals surface area contributed by atoms with Gasteiger partial charge in [-0.1, -0.05) is 13.3 Å². The van der Waals surface area contributed by atoms with E-state index in [4.69, 9.17) is 10.5 Å². The van der Waals surface area contributed by atoms with E-state index in [2.05, 4.69) is 6.92 Å². The van der Waals surface area contributed by atoms with Crippen LogP contribution in [0.2, 0.25) is 0 Å². The van der Waals surface area contributed by atoms with Crippen molar-refractivity contribution in [3.05, 3.63) is 16.3 Å². The summed E-state index contributed by atoms with van der Waals surface area (Å²) in [6.45, 7) is 3.95. The molecule has 2 N–H and O–H groups in total. The summed E-state index contributed by atoms with van der Waals surface area (Å²) in [7, 11) is 0. The second kappa shape index (κ2) is 5.00. The van der Waals surface area contributed by atoms with Crippen molar-refractivity contribution in [2.24, 2.45) is 0 Å².